The van der Waals surface area contributed by atoms with Crippen LogP contribution in [0.2, 0.25) is 0 Å². The molecule has 0 radical (unpaired) electrons. The van der Waals surface area contributed by atoms with Gasteiger partial charge in [-0.25, -0.2) is 0 Å². The number of carbonyl (C=O) groups excluding carboxylic acids is 2. The molecule has 9 heteroatoms. The number of thiocarbonyl (C=S) groups is 1. The molecule has 1 fully saturated rings. The highest BCUT2D eigenvalue weighted by atomic mass is 32.2. The van der Waals surface area contributed by atoms with E-state index in [0.717, 1.165) is 4.90 Å². The number of anilines is 1. The van der Waals surface area contributed by atoms with E-state index in [9.17, 15) is 14.4 Å². The normalized spacial score (nSPS) is 17.3. The van der Waals surface area contributed by atoms with Gasteiger partial charge >= 0.3 is 5.97 Å². The van der Waals surface area contributed by atoms with Crippen molar-refractivity contribution in [2.45, 2.75) is 4.90 Å². The van der Waals surface area contributed by atoms with E-state index in [4.69, 9.17) is 17.3 Å². The Morgan fingerprint density at radius 2 is 1.86 bits per heavy atom. The molecule has 0 saturated carbocycles. The molecule has 0 aliphatic carbocycles. The molecule has 112 valence electrons. The first-order valence-corrected chi connectivity index (χ1v) is 7.37. The third kappa shape index (κ3) is 2.44. The van der Waals surface area contributed by atoms with Crippen molar-refractivity contribution in [2.24, 2.45) is 0 Å². The van der Waals surface area contributed by atoms with E-state index in [1.165, 1.54) is 16.7 Å². The second-order valence-electron chi connectivity index (χ2n) is 4.47. The summed E-state index contributed by atoms with van der Waals surface area (Å²) in [6.07, 6.45) is 0. The standard InChI is InChI=1S/C13H9N3O4S2/c17-8(18)5-16-6-3-1-2-4-7(6)22-12(16)9-10(19)14-13(21)15-11(9)20/h1-4H,5H2,(H,17,18)(H2,14,15,19,20,21). The lowest BCUT2D eigenvalue weighted by Crippen LogP contribution is -2.52. The molecule has 0 spiro atoms. The number of para-hydroxylation sites is 1. The summed E-state index contributed by atoms with van der Waals surface area (Å²) in [5.41, 5.74) is 0.502. The van der Waals surface area contributed by atoms with Crippen LogP contribution in [0.1, 0.15) is 0 Å². The van der Waals surface area contributed by atoms with Gasteiger partial charge in [0.15, 0.2) is 5.11 Å². The highest BCUT2D eigenvalue weighted by Crippen LogP contribution is 2.47. The Kier molecular flexibility index (Phi) is 3.59. The summed E-state index contributed by atoms with van der Waals surface area (Å²) in [4.78, 5) is 37.5. The van der Waals surface area contributed by atoms with Gasteiger partial charge in [0.1, 0.15) is 12.1 Å². The summed E-state index contributed by atoms with van der Waals surface area (Å²) in [5.74, 6) is -2.35. The molecule has 7 nitrogen and oxygen atoms in total. The van der Waals surface area contributed by atoms with Gasteiger partial charge in [0.25, 0.3) is 11.8 Å². The molecule has 1 aromatic rings. The molecule has 3 N–H and O–H groups in total. The molecule has 0 atom stereocenters. The number of rotatable bonds is 2. The molecular weight excluding hydrogens is 326 g/mol. The van der Waals surface area contributed by atoms with Crippen LogP contribution in [-0.2, 0) is 14.4 Å². The van der Waals surface area contributed by atoms with Crippen molar-refractivity contribution < 1.29 is 19.5 Å². The Hall–Kier alpha value is -2.39. The number of nitrogens with zero attached hydrogens (tertiary/aromatic N) is 1. The van der Waals surface area contributed by atoms with Gasteiger partial charge in [0, 0.05) is 4.90 Å². The molecule has 2 heterocycles. The van der Waals surface area contributed by atoms with E-state index in [0.29, 0.717) is 5.69 Å². The van der Waals surface area contributed by atoms with Gasteiger partial charge in [-0.1, -0.05) is 23.9 Å². The fourth-order valence-electron chi connectivity index (χ4n) is 2.17. The number of carbonyl (C=O) groups is 3. The third-order valence-electron chi connectivity index (χ3n) is 3.02. The molecule has 2 aliphatic heterocycles. The van der Waals surface area contributed by atoms with Crippen LogP contribution in [0, 0.1) is 0 Å². The van der Waals surface area contributed by atoms with Crippen LogP contribution in [-0.4, -0.2) is 34.5 Å². The van der Waals surface area contributed by atoms with E-state index < -0.39 is 17.8 Å². The molecule has 1 aromatic carbocycles. The van der Waals surface area contributed by atoms with Gasteiger partial charge in [-0.2, -0.15) is 0 Å². The van der Waals surface area contributed by atoms with Gasteiger partial charge in [0.05, 0.1) is 10.7 Å². The second-order valence-corrected chi connectivity index (χ2v) is 5.91. The molecule has 0 bridgehead atoms. The predicted octanol–water partition coefficient (Wildman–Crippen LogP) is 0.426. The summed E-state index contributed by atoms with van der Waals surface area (Å²) in [6.45, 7) is -0.353. The van der Waals surface area contributed by atoms with Crippen molar-refractivity contribution in [1.29, 1.82) is 0 Å². The van der Waals surface area contributed by atoms with Crippen molar-refractivity contribution in [2.75, 3.05) is 11.4 Å². The number of amides is 2. The first-order chi connectivity index (χ1) is 10.5. The minimum absolute atomic E-state index is 0.0651. The van der Waals surface area contributed by atoms with Crippen molar-refractivity contribution in [3.63, 3.8) is 0 Å². The fourth-order valence-corrected chi connectivity index (χ4v) is 3.56. The molecule has 0 unspecified atom stereocenters. The number of carboxylic acids is 1. The average molecular weight is 335 g/mol. The number of hydrogen-bond acceptors (Lipinski definition) is 6. The number of benzene rings is 1. The molecule has 2 aliphatic rings. The van der Waals surface area contributed by atoms with E-state index in [2.05, 4.69) is 10.6 Å². The van der Waals surface area contributed by atoms with Gasteiger partial charge in [-0.3, -0.25) is 25.0 Å². The Morgan fingerprint density at radius 3 is 2.50 bits per heavy atom. The van der Waals surface area contributed by atoms with Crippen LogP contribution in [0.25, 0.3) is 0 Å². The number of aliphatic carboxylic acids is 1. The minimum atomic E-state index is -1.07. The SMILES string of the molecule is O=C(O)CN1C(=C2C(=O)NC(=S)NC2=O)Sc2ccccc21. The van der Waals surface area contributed by atoms with Crippen LogP contribution < -0.4 is 15.5 Å². The maximum absolute atomic E-state index is 12.1. The van der Waals surface area contributed by atoms with Gasteiger partial charge in [0.2, 0.25) is 0 Å². The number of carboxylic acid groups (broad SMARTS) is 1. The van der Waals surface area contributed by atoms with Crippen molar-refractivity contribution in [3.05, 3.63) is 34.9 Å². The second kappa shape index (κ2) is 5.43. The van der Waals surface area contributed by atoms with Crippen molar-refractivity contribution in [3.8, 4) is 0 Å². The minimum Gasteiger partial charge on any atom is -0.480 e. The van der Waals surface area contributed by atoms with Crippen molar-refractivity contribution in [1.82, 2.24) is 10.6 Å². The highest BCUT2D eigenvalue weighted by molar-refractivity contribution is 8.03. The molecule has 0 aromatic heterocycles. The Balaban J connectivity index is 2.11. The van der Waals surface area contributed by atoms with Crippen molar-refractivity contribution >= 4 is 52.6 Å². The summed E-state index contributed by atoms with van der Waals surface area (Å²) < 4.78 is 0. The van der Waals surface area contributed by atoms with Crippen LogP contribution in [0.5, 0.6) is 0 Å². The summed E-state index contributed by atoms with van der Waals surface area (Å²) in [5, 5.41) is 14.0. The van der Waals surface area contributed by atoms with E-state index in [-0.39, 0.29) is 22.3 Å². The lowest BCUT2D eigenvalue weighted by molar-refractivity contribution is -0.135. The maximum Gasteiger partial charge on any atom is 0.323 e. The summed E-state index contributed by atoms with van der Waals surface area (Å²) in [6, 6.07) is 7.10. The molecule has 1 saturated heterocycles. The van der Waals surface area contributed by atoms with E-state index in [1.807, 2.05) is 0 Å². The fraction of sp³-hybridized carbons (Fsp3) is 0.0769. The first-order valence-electron chi connectivity index (χ1n) is 6.14. The van der Waals surface area contributed by atoms with E-state index >= 15 is 0 Å². The summed E-state index contributed by atoms with van der Waals surface area (Å²) in [7, 11) is 0. The average Bonchev–Trinajstić information content (AvgIpc) is 2.76. The molecular formula is C13H9N3O4S2. The van der Waals surface area contributed by atoms with Crippen LogP contribution in [0.15, 0.2) is 39.8 Å². The quantitative estimate of drug-likeness (QED) is 0.409. The molecule has 22 heavy (non-hydrogen) atoms. The van der Waals surface area contributed by atoms with Gasteiger partial charge in [-0.05, 0) is 24.4 Å². The zero-order valence-electron chi connectivity index (χ0n) is 11.0. The first kappa shape index (κ1) is 14.5. The van der Waals surface area contributed by atoms with Crippen LogP contribution in [0.3, 0.4) is 0 Å². The zero-order chi connectivity index (χ0) is 15.9. The Labute approximate surface area is 134 Å². The van der Waals surface area contributed by atoms with Crippen LogP contribution in [0.4, 0.5) is 5.69 Å². The summed E-state index contributed by atoms with van der Waals surface area (Å²) >= 11 is 5.93. The monoisotopic (exact) mass is 335 g/mol. The maximum atomic E-state index is 12.1. The number of hydrogen-bond donors (Lipinski definition) is 3. The number of fused-ring (bicyclic) bond motifs is 1. The lowest BCUT2D eigenvalue weighted by Gasteiger charge is -2.23. The Bertz CT molecular complexity index is 737. The molecule has 3 rings (SSSR count). The lowest BCUT2D eigenvalue weighted by atomic mass is 10.2. The van der Waals surface area contributed by atoms with Crippen LogP contribution >= 0.6 is 24.0 Å². The topological polar surface area (TPSA) is 98.7 Å². The molecule has 2 amide bonds. The third-order valence-corrected chi connectivity index (χ3v) is 4.41. The van der Waals surface area contributed by atoms with Gasteiger partial charge in [-0.15, -0.1) is 0 Å². The Morgan fingerprint density at radius 1 is 1.23 bits per heavy atom. The zero-order valence-corrected chi connectivity index (χ0v) is 12.6. The highest BCUT2D eigenvalue weighted by Gasteiger charge is 2.36. The van der Waals surface area contributed by atoms with E-state index in [1.54, 1.807) is 24.3 Å². The number of nitrogens with one attached hydrogen (secondary N) is 2. The smallest absolute Gasteiger partial charge is 0.323 e. The largest absolute Gasteiger partial charge is 0.480 e. The predicted molar refractivity (Wildman–Crippen MR) is 83.2 cm³/mol. The number of thioether (sulfide) groups is 1. The van der Waals surface area contributed by atoms with Gasteiger partial charge < -0.3 is 10.0 Å².